The van der Waals surface area contributed by atoms with Crippen LogP contribution in [0, 0.1) is 5.82 Å². The Morgan fingerprint density at radius 2 is 1.94 bits per heavy atom. The second kappa shape index (κ2) is 9.88. The molecule has 1 aliphatic heterocycles. The molecule has 1 amide bonds. The SMILES string of the molecule is CN(CC(=O)N1CCC[C@H](c2ncc(Cc3ccccc3)o2)C1)Cc1ccc(F)cc1. The van der Waals surface area contributed by atoms with E-state index in [0.717, 1.165) is 43.0 Å². The van der Waals surface area contributed by atoms with Crippen LogP contribution < -0.4 is 0 Å². The van der Waals surface area contributed by atoms with Crippen molar-refractivity contribution in [2.45, 2.75) is 31.7 Å². The third-order valence-electron chi connectivity index (χ3n) is 5.69. The van der Waals surface area contributed by atoms with Crippen LogP contribution in [0.15, 0.2) is 65.2 Å². The van der Waals surface area contributed by atoms with Gasteiger partial charge in [0.2, 0.25) is 5.91 Å². The van der Waals surface area contributed by atoms with Gasteiger partial charge in [-0.3, -0.25) is 9.69 Å². The average molecular weight is 422 g/mol. The van der Waals surface area contributed by atoms with Crippen LogP contribution in [0.3, 0.4) is 0 Å². The summed E-state index contributed by atoms with van der Waals surface area (Å²) in [6, 6.07) is 16.6. The number of nitrogens with zero attached hydrogens (tertiary/aromatic N) is 3. The highest BCUT2D eigenvalue weighted by atomic mass is 19.1. The third kappa shape index (κ3) is 5.79. The first-order valence-electron chi connectivity index (χ1n) is 10.8. The van der Waals surface area contributed by atoms with E-state index in [4.69, 9.17) is 4.42 Å². The van der Waals surface area contributed by atoms with Crippen LogP contribution in [-0.4, -0.2) is 47.4 Å². The quantitative estimate of drug-likeness (QED) is 0.573. The summed E-state index contributed by atoms with van der Waals surface area (Å²) in [6.45, 7) is 2.33. The summed E-state index contributed by atoms with van der Waals surface area (Å²) >= 11 is 0. The van der Waals surface area contributed by atoms with Crippen molar-refractivity contribution in [1.82, 2.24) is 14.8 Å². The highest BCUT2D eigenvalue weighted by Gasteiger charge is 2.28. The maximum absolute atomic E-state index is 13.1. The van der Waals surface area contributed by atoms with E-state index in [0.29, 0.717) is 19.6 Å². The first kappa shape index (κ1) is 21.2. The van der Waals surface area contributed by atoms with Crippen molar-refractivity contribution in [2.24, 2.45) is 0 Å². The summed E-state index contributed by atoms with van der Waals surface area (Å²) in [4.78, 5) is 21.2. The van der Waals surface area contributed by atoms with Gasteiger partial charge in [0.05, 0.1) is 18.7 Å². The fourth-order valence-corrected chi connectivity index (χ4v) is 4.08. The fraction of sp³-hybridized carbons (Fsp3) is 0.360. The van der Waals surface area contributed by atoms with Crippen LogP contribution in [0.25, 0.3) is 0 Å². The Morgan fingerprint density at radius 1 is 1.16 bits per heavy atom. The lowest BCUT2D eigenvalue weighted by molar-refractivity contribution is -0.133. The van der Waals surface area contributed by atoms with Crippen molar-refractivity contribution in [3.63, 3.8) is 0 Å². The van der Waals surface area contributed by atoms with Crippen LogP contribution in [0.1, 0.15) is 41.5 Å². The number of likely N-dealkylation sites (N-methyl/N-ethyl adjacent to an activating group) is 1. The van der Waals surface area contributed by atoms with Gasteiger partial charge in [-0.2, -0.15) is 0 Å². The Kier molecular flexibility index (Phi) is 6.77. The zero-order valence-corrected chi connectivity index (χ0v) is 17.8. The summed E-state index contributed by atoms with van der Waals surface area (Å²) in [7, 11) is 1.91. The molecular weight excluding hydrogens is 393 g/mol. The smallest absolute Gasteiger partial charge is 0.236 e. The summed E-state index contributed by atoms with van der Waals surface area (Å²) in [5.41, 5.74) is 2.17. The maximum atomic E-state index is 13.1. The number of likely N-dealkylation sites (tertiary alicyclic amines) is 1. The largest absolute Gasteiger partial charge is 0.445 e. The summed E-state index contributed by atoms with van der Waals surface area (Å²) < 4.78 is 19.1. The molecule has 31 heavy (non-hydrogen) atoms. The monoisotopic (exact) mass is 421 g/mol. The van der Waals surface area contributed by atoms with E-state index in [-0.39, 0.29) is 17.6 Å². The highest BCUT2D eigenvalue weighted by molar-refractivity contribution is 5.78. The molecule has 2 heterocycles. The minimum absolute atomic E-state index is 0.102. The van der Waals surface area contributed by atoms with Gasteiger partial charge in [-0.25, -0.2) is 9.37 Å². The van der Waals surface area contributed by atoms with Crippen LogP contribution in [0.4, 0.5) is 4.39 Å². The summed E-state index contributed by atoms with van der Waals surface area (Å²) in [6.07, 6.45) is 4.44. The molecule has 0 bridgehead atoms. The number of aromatic nitrogens is 1. The molecule has 0 N–H and O–H groups in total. The molecule has 0 radical (unpaired) electrons. The number of halogens is 1. The number of benzene rings is 2. The second-order valence-electron chi connectivity index (χ2n) is 8.30. The van der Waals surface area contributed by atoms with E-state index < -0.39 is 0 Å². The van der Waals surface area contributed by atoms with Gasteiger partial charge in [0.1, 0.15) is 11.6 Å². The van der Waals surface area contributed by atoms with E-state index in [9.17, 15) is 9.18 Å². The van der Waals surface area contributed by atoms with Gasteiger partial charge in [0.25, 0.3) is 0 Å². The average Bonchev–Trinajstić information content (AvgIpc) is 3.24. The highest BCUT2D eigenvalue weighted by Crippen LogP contribution is 2.27. The number of amides is 1. The minimum Gasteiger partial charge on any atom is -0.445 e. The molecule has 0 aliphatic carbocycles. The molecule has 0 saturated carbocycles. The number of carbonyl (C=O) groups excluding carboxylic acids is 1. The van der Waals surface area contributed by atoms with Crippen LogP contribution in [0.2, 0.25) is 0 Å². The molecular formula is C25H28FN3O2. The predicted molar refractivity (Wildman–Crippen MR) is 117 cm³/mol. The lowest BCUT2D eigenvalue weighted by Crippen LogP contribution is -2.43. The Labute approximate surface area is 182 Å². The Hall–Kier alpha value is -2.99. The lowest BCUT2D eigenvalue weighted by Gasteiger charge is -2.32. The van der Waals surface area contributed by atoms with Gasteiger partial charge in [0.15, 0.2) is 5.89 Å². The molecule has 1 atom stereocenters. The van der Waals surface area contributed by atoms with Crippen LogP contribution in [-0.2, 0) is 17.8 Å². The van der Waals surface area contributed by atoms with Gasteiger partial charge in [-0.15, -0.1) is 0 Å². The van der Waals surface area contributed by atoms with Crippen molar-refractivity contribution in [2.75, 3.05) is 26.7 Å². The number of oxazole rings is 1. The minimum atomic E-state index is -0.250. The molecule has 4 rings (SSSR count). The number of rotatable bonds is 7. The molecule has 2 aromatic carbocycles. The zero-order valence-electron chi connectivity index (χ0n) is 17.8. The summed E-state index contributed by atoms with van der Waals surface area (Å²) in [5, 5.41) is 0. The molecule has 3 aromatic rings. The predicted octanol–water partition coefficient (Wildman–Crippen LogP) is 4.24. The van der Waals surface area contributed by atoms with Gasteiger partial charge < -0.3 is 9.32 Å². The molecule has 1 fully saturated rings. The number of carbonyl (C=O) groups is 1. The van der Waals surface area contributed by atoms with E-state index >= 15 is 0 Å². The molecule has 0 unspecified atom stereocenters. The van der Waals surface area contributed by atoms with Crippen molar-refractivity contribution in [3.05, 3.63) is 89.4 Å². The molecule has 1 saturated heterocycles. The maximum Gasteiger partial charge on any atom is 0.236 e. The number of piperidine rings is 1. The molecule has 6 heteroatoms. The molecule has 0 spiro atoms. The topological polar surface area (TPSA) is 49.6 Å². The normalized spacial score (nSPS) is 16.6. The fourth-order valence-electron chi connectivity index (χ4n) is 4.08. The molecule has 1 aromatic heterocycles. The first-order chi connectivity index (χ1) is 15.1. The second-order valence-corrected chi connectivity index (χ2v) is 8.30. The van der Waals surface area contributed by atoms with Crippen molar-refractivity contribution >= 4 is 5.91 Å². The number of hydrogen-bond acceptors (Lipinski definition) is 4. The molecule has 1 aliphatic rings. The number of hydrogen-bond donors (Lipinski definition) is 0. The van der Waals surface area contributed by atoms with Crippen molar-refractivity contribution in [3.8, 4) is 0 Å². The van der Waals surface area contributed by atoms with E-state index in [1.54, 1.807) is 18.3 Å². The van der Waals surface area contributed by atoms with Crippen LogP contribution in [0.5, 0.6) is 0 Å². The van der Waals surface area contributed by atoms with Gasteiger partial charge >= 0.3 is 0 Å². The Bertz CT molecular complexity index is 988. The zero-order chi connectivity index (χ0) is 21.6. The molecule has 162 valence electrons. The van der Waals surface area contributed by atoms with E-state index in [1.165, 1.54) is 17.7 Å². The van der Waals surface area contributed by atoms with Crippen molar-refractivity contribution in [1.29, 1.82) is 0 Å². The van der Waals surface area contributed by atoms with E-state index in [2.05, 4.69) is 17.1 Å². The van der Waals surface area contributed by atoms with Gasteiger partial charge in [-0.1, -0.05) is 42.5 Å². The Morgan fingerprint density at radius 3 is 2.71 bits per heavy atom. The Balaban J connectivity index is 1.31. The van der Waals surface area contributed by atoms with Gasteiger partial charge in [-0.05, 0) is 43.1 Å². The van der Waals surface area contributed by atoms with Crippen molar-refractivity contribution < 1.29 is 13.6 Å². The van der Waals surface area contributed by atoms with E-state index in [1.807, 2.05) is 35.0 Å². The third-order valence-corrected chi connectivity index (χ3v) is 5.69. The molecule has 5 nitrogen and oxygen atoms in total. The first-order valence-corrected chi connectivity index (χ1v) is 10.8. The van der Waals surface area contributed by atoms with Gasteiger partial charge in [0, 0.05) is 26.1 Å². The van der Waals surface area contributed by atoms with Crippen LogP contribution >= 0.6 is 0 Å². The lowest BCUT2D eigenvalue weighted by atomic mass is 9.98. The summed E-state index contributed by atoms with van der Waals surface area (Å²) in [5.74, 6) is 1.56. The standard InChI is InChI=1S/C25H28FN3O2/c1-28(16-20-9-11-22(26)12-10-20)18-24(30)29-13-5-8-21(17-29)25-27-15-23(31-25)14-19-6-3-2-4-7-19/h2-4,6-7,9-12,15,21H,5,8,13-14,16-18H2,1H3/t21-/m0/s1.